The van der Waals surface area contributed by atoms with Crippen LogP contribution in [0.1, 0.15) is 17.2 Å². The molecule has 118 valence electrons. The fourth-order valence-electron chi connectivity index (χ4n) is 2.94. The van der Waals surface area contributed by atoms with Crippen LogP contribution < -0.4 is 0 Å². The first-order valence-electron chi connectivity index (χ1n) is 7.27. The van der Waals surface area contributed by atoms with Gasteiger partial charge in [0.1, 0.15) is 6.33 Å². The van der Waals surface area contributed by atoms with Crippen molar-refractivity contribution >= 4 is 15.9 Å². The molecule has 0 spiro atoms. The third kappa shape index (κ3) is 1.88. The van der Waals surface area contributed by atoms with E-state index in [0.717, 1.165) is 27.2 Å². The monoisotopic (exact) mass is 383 g/mol. The Hall–Kier alpha value is -2.81. The van der Waals surface area contributed by atoms with Gasteiger partial charge in [0.05, 0.1) is 29.0 Å². The molecular weight excluding hydrogens is 374 g/mol. The van der Waals surface area contributed by atoms with Crippen molar-refractivity contribution in [2.24, 2.45) is 0 Å². The first kappa shape index (κ1) is 13.6. The Balaban J connectivity index is 1.81. The molecule has 4 aromatic rings. The molecule has 0 bridgehead atoms. The van der Waals surface area contributed by atoms with Gasteiger partial charge in [-0.15, -0.1) is 5.10 Å². The van der Waals surface area contributed by atoms with Crippen LogP contribution in [-0.2, 0) is 6.42 Å². The van der Waals surface area contributed by atoms with E-state index in [-0.39, 0.29) is 0 Å². The predicted molar refractivity (Wildman–Crippen MR) is 87.0 cm³/mol. The molecule has 1 aromatic carbocycles. The number of halogens is 1. The van der Waals surface area contributed by atoms with E-state index in [2.05, 4.69) is 41.4 Å². The highest BCUT2D eigenvalue weighted by Gasteiger charge is 2.26. The highest BCUT2D eigenvalue weighted by molar-refractivity contribution is 9.10. The van der Waals surface area contributed by atoms with Gasteiger partial charge in [0.15, 0.2) is 11.5 Å². The molecule has 24 heavy (non-hydrogen) atoms. The highest BCUT2D eigenvalue weighted by atomic mass is 79.9. The standard InChI is InChI=1S/C15H10BrN7O/c1-8-19-15(24-20-8)14-13-5-10-6-18-21-23(10)12-4-9(16)2-3-11(12)22(13)7-17-14/h2-4,6-7H,5H2,1H3. The smallest absolute Gasteiger partial charge is 0.278 e. The lowest BCUT2D eigenvalue weighted by molar-refractivity contribution is 0.424. The van der Waals surface area contributed by atoms with Crippen molar-refractivity contribution in [2.45, 2.75) is 13.3 Å². The number of hydrogen-bond donors (Lipinski definition) is 0. The largest absolute Gasteiger partial charge is 0.332 e. The number of aryl methyl sites for hydroxylation is 1. The summed E-state index contributed by atoms with van der Waals surface area (Å²) >= 11 is 3.52. The van der Waals surface area contributed by atoms with E-state index in [0.29, 0.717) is 23.8 Å². The molecule has 0 saturated carbocycles. The Morgan fingerprint density at radius 2 is 2.17 bits per heavy atom. The Kier molecular flexibility index (Phi) is 2.75. The minimum Gasteiger partial charge on any atom is -0.332 e. The fraction of sp³-hybridized carbons (Fsp3) is 0.133. The van der Waals surface area contributed by atoms with Gasteiger partial charge in [-0.3, -0.25) is 4.57 Å². The van der Waals surface area contributed by atoms with Crippen LogP contribution >= 0.6 is 15.9 Å². The zero-order valence-corrected chi connectivity index (χ0v) is 14.1. The molecule has 9 heteroatoms. The quantitative estimate of drug-likeness (QED) is 0.441. The summed E-state index contributed by atoms with van der Waals surface area (Å²) in [7, 11) is 0. The molecule has 4 heterocycles. The molecule has 0 fully saturated rings. The van der Waals surface area contributed by atoms with Crippen LogP contribution in [0.3, 0.4) is 0 Å². The maximum Gasteiger partial charge on any atom is 0.278 e. The number of nitrogens with zero attached hydrogens (tertiary/aromatic N) is 7. The molecule has 0 amide bonds. The summed E-state index contributed by atoms with van der Waals surface area (Å²) in [6.45, 7) is 1.79. The first-order chi connectivity index (χ1) is 11.7. The van der Waals surface area contributed by atoms with Gasteiger partial charge in [0.25, 0.3) is 5.89 Å². The van der Waals surface area contributed by atoms with Gasteiger partial charge in [-0.1, -0.05) is 26.3 Å². The summed E-state index contributed by atoms with van der Waals surface area (Å²) in [5, 5.41) is 12.1. The first-order valence-corrected chi connectivity index (χ1v) is 8.07. The molecule has 0 N–H and O–H groups in total. The van der Waals surface area contributed by atoms with Crippen molar-refractivity contribution in [3.05, 3.63) is 52.4 Å². The molecule has 0 aliphatic carbocycles. The average Bonchev–Trinajstić information content (AvgIpc) is 3.27. The van der Waals surface area contributed by atoms with Gasteiger partial charge in [-0.25, -0.2) is 9.67 Å². The summed E-state index contributed by atoms with van der Waals surface area (Å²) in [6.07, 6.45) is 4.14. The van der Waals surface area contributed by atoms with Gasteiger partial charge in [-0.05, 0) is 25.1 Å². The van der Waals surface area contributed by atoms with Crippen LogP contribution in [0.2, 0.25) is 0 Å². The minimum atomic E-state index is 0.417. The SMILES string of the molecule is Cc1noc(-c2ncn3c2Cc2cnnn2-c2cc(Br)ccc2-3)n1. The lowest BCUT2D eigenvalue weighted by atomic mass is 10.2. The maximum atomic E-state index is 5.31. The molecule has 1 aliphatic rings. The number of rotatable bonds is 1. The third-order valence-corrected chi connectivity index (χ3v) is 4.48. The van der Waals surface area contributed by atoms with Crippen LogP contribution in [0.5, 0.6) is 0 Å². The summed E-state index contributed by atoms with van der Waals surface area (Å²) in [5.74, 6) is 0.997. The number of fused-ring (bicyclic) bond motifs is 5. The van der Waals surface area contributed by atoms with Crippen LogP contribution in [0, 0.1) is 6.92 Å². The highest BCUT2D eigenvalue weighted by Crippen LogP contribution is 2.33. The van der Waals surface area contributed by atoms with Crippen LogP contribution in [0.15, 0.2) is 39.7 Å². The van der Waals surface area contributed by atoms with Crippen molar-refractivity contribution in [1.29, 1.82) is 0 Å². The van der Waals surface area contributed by atoms with Crippen molar-refractivity contribution in [3.8, 4) is 23.0 Å². The summed E-state index contributed by atoms with van der Waals surface area (Å²) in [4.78, 5) is 8.81. The maximum absolute atomic E-state index is 5.31. The number of aromatic nitrogens is 7. The second-order valence-corrected chi connectivity index (χ2v) is 6.42. The zero-order chi connectivity index (χ0) is 16.3. The van der Waals surface area contributed by atoms with Crippen molar-refractivity contribution in [2.75, 3.05) is 0 Å². The fourth-order valence-corrected chi connectivity index (χ4v) is 3.29. The number of benzene rings is 1. The second kappa shape index (κ2) is 4.84. The lowest BCUT2D eigenvalue weighted by Gasteiger charge is -2.10. The number of hydrogen-bond acceptors (Lipinski definition) is 6. The molecule has 0 radical (unpaired) electrons. The Morgan fingerprint density at radius 3 is 3.00 bits per heavy atom. The van der Waals surface area contributed by atoms with Gasteiger partial charge in [0.2, 0.25) is 0 Å². The van der Waals surface area contributed by atoms with Crippen LogP contribution in [-0.4, -0.2) is 34.7 Å². The normalized spacial score (nSPS) is 12.4. The Bertz CT molecular complexity index is 1080. The molecule has 0 saturated heterocycles. The van der Waals surface area contributed by atoms with E-state index < -0.39 is 0 Å². The van der Waals surface area contributed by atoms with E-state index in [1.807, 2.05) is 27.4 Å². The summed E-state index contributed by atoms with van der Waals surface area (Å²) in [6, 6.07) is 6.02. The van der Waals surface area contributed by atoms with Crippen molar-refractivity contribution in [1.82, 2.24) is 34.7 Å². The minimum absolute atomic E-state index is 0.417. The van der Waals surface area contributed by atoms with Crippen molar-refractivity contribution in [3.63, 3.8) is 0 Å². The molecule has 1 aliphatic heterocycles. The summed E-state index contributed by atoms with van der Waals surface area (Å²) < 4.78 is 10.2. The van der Waals surface area contributed by atoms with E-state index in [1.54, 1.807) is 19.4 Å². The topological polar surface area (TPSA) is 87.5 Å². The lowest BCUT2D eigenvalue weighted by Crippen LogP contribution is -2.03. The molecule has 0 atom stereocenters. The molecule has 0 unspecified atom stereocenters. The Morgan fingerprint density at radius 1 is 1.25 bits per heavy atom. The van der Waals surface area contributed by atoms with Gasteiger partial charge >= 0.3 is 0 Å². The molecule has 8 nitrogen and oxygen atoms in total. The second-order valence-electron chi connectivity index (χ2n) is 5.50. The molecular formula is C15H10BrN7O. The Labute approximate surface area is 144 Å². The average molecular weight is 384 g/mol. The molecule has 5 rings (SSSR count). The number of imidazole rings is 1. The van der Waals surface area contributed by atoms with E-state index in [9.17, 15) is 0 Å². The van der Waals surface area contributed by atoms with Gasteiger partial charge in [-0.2, -0.15) is 4.98 Å². The third-order valence-electron chi connectivity index (χ3n) is 3.99. The van der Waals surface area contributed by atoms with Crippen LogP contribution in [0.4, 0.5) is 0 Å². The van der Waals surface area contributed by atoms with Gasteiger partial charge in [0, 0.05) is 10.9 Å². The molecule has 3 aromatic heterocycles. The van der Waals surface area contributed by atoms with E-state index in [4.69, 9.17) is 4.52 Å². The van der Waals surface area contributed by atoms with Gasteiger partial charge < -0.3 is 4.52 Å². The van der Waals surface area contributed by atoms with E-state index in [1.165, 1.54) is 0 Å². The zero-order valence-electron chi connectivity index (χ0n) is 12.5. The van der Waals surface area contributed by atoms with E-state index >= 15 is 0 Å². The predicted octanol–water partition coefficient (Wildman–Crippen LogP) is 2.48. The summed E-state index contributed by atoms with van der Waals surface area (Å²) in [5.41, 5.74) is 4.50. The van der Waals surface area contributed by atoms with Crippen molar-refractivity contribution < 1.29 is 4.52 Å². The van der Waals surface area contributed by atoms with Crippen LogP contribution in [0.25, 0.3) is 23.0 Å².